The Morgan fingerprint density at radius 1 is 1.09 bits per heavy atom. The fourth-order valence-corrected chi connectivity index (χ4v) is 5.59. The minimum atomic E-state index is -0.564. The molecule has 2 saturated heterocycles. The van der Waals surface area contributed by atoms with Crippen LogP contribution in [0, 0.1) is 5.82 Å². The first kappa shape index (κ1) is 22.5. The van der Waals surface area contributed by atoms with E-state index < -0.39 is 5.82 Å². The Kier molecular flexibility index (Phi) is 5.43. The number of phenols is 1. The van der Waals surface area contributed by atoms with E-state index in [-0.39, 0.29) is 39.6 Å². The van der Waals surface area contributed by atoms with Gasteiger partial charge < -0.3 is 19.7 Å². The highest BCUT2D eigenvalue weighted by Crippen LogP contribution is 2.41. The molecule has 8 heteroatoms. The predicted octanol–water partition coefficient (Wildman–Crippen LogP) is 4.19. The smallest absolute Gasteiger partial charge is 0.250 e. The lowest BCUT2D eigenvalue weighted by Crippen LogP contribution is -2.65. The quantitative estimate of drug-likeness (QED) is 0.602. The van der Waals surface area contributed by atoms with Crippen molar-refractivity contribution in [1.82, 2.24) is 20.1 Å². The van der Waals surface area contributed by atoms with Gasteiger partial charge in [-0.1, -0.05) is 0 Å². The summed E-state index contributed by atoms with van der Waals surface area (Å²) >= 11 is 0. The second-order valence-corrected chi connectivity index (χ2v) is 10.2. The lowest BCUT2D eigenvalue weighted by atomic mass is 9.70. The molecule has 2 atom stereocenters. The van der Waals surface area contributed by atoms with Crippen molar-refractivity contribution in [2.75, 3.05) is 0 Å². The molecule has 2 bridgehead atoms. The molecule has 2 aliphatic heterocycles. The van der Waals surface area contributed by atoms with Crippen LogP contribution >= 0.6 is 0 Å². The standard InChI is InChI=1S/C26H29FN4O3/c1-25-8-4-9-26(2,30-25)15-17(14-25)34-23-6-5-21(28-29-23)19-12-20(27)18(13-22(19)32)16-7-10-31(3)24(33)11-16/h5-7,10-13,17,30,32H,4,8-9,14-15H2,1-3H3. The van der Waals surface area contributed by atoms with Crippen LogP contribution in [0.3, 0.4) is 0 Å². The fraction of sp³-hybridized carbons (Fsp3) is 0.423. The first-order chi connectivity index (χ1) is 16.1. The highest BCUT2D eigenvalue weighted by Gasteiger charge is 2.46. The van der Waals surface area contributed by atoms with Crippen molar-refractivity contribution >= 4 is 0 Å². The van der Waals surface area contributed by atoms with Crippen molar-refractivity contribution in [3.05, 3.63) is 58.8 Å². The van der Waals surface area contributed by atoms with Gasteiger partial charge in [0, 0.05) is 60.4 Å². The van der Waals surface area contributed by atoms with Crippen LogP contribution in [0.25, 0.3) is 22.4 Å². The minimum Gasteiger partial charge on any atom is -0.507 e. The molecule has 0 spiro atoms. The van der Waals surface area contributed by atoms with Crippen LogP contribution in [0.1, 0.15) is 46.0 Å². The number of piperidine rings is 2. The summed E-state index contributed by atoms with van der Waals surface area (Å²) < 4.78 is 22.5. The van der Waals surface area contributed by atoms with Crippen molar-refractivity contribution in [3.63, 3.8) is 0 Å². The molecule has 178 valence electrons. The van der Waals surface area contributed by atoms with Gasteiger partial charge in [0.25, 0.3) is 5.56 Å². The second kappa shape index (κ2) is 8.20. The molecule has 3 aromatic rings. The molecule has 5 rings (SSSR count). The number of fused-ring (bicyclic) bond motifs is 2. The van der Waals surface area contributed by atoms with E-state index in [9.17, 15) is 14.3 Å². The summed E-state index contributed by atoms with van der Waals surface area (Å²) in [7, 11) is 1.62. The van der Waals surface area contributed by atoms with Gasteiger partial charge in [-0.15, -0.1) is 10.2 Å². The molecule has 0 amide bonds. The van der Waals surface area contributed by atoms with Gasteiger partial charge >= 0.3 is 0 Å². The van der Waals surface area contributed by atoms with Crippen LogP contribution in [0.5, 0.6) is 11.6 Å². The normalized spacial score (nSPS) is 26.3. The average Bonchev–Trinajstić information content (AvgIpc) is 2.76. The monoisotopic (exact) mass is 464 g/mol. The van der Waals surface area contributed by atoms with Gasteiger partial charge in [-0.2, -0.15) is 0 Å². The lowest BCUT2D eigenvalue weighted by molar-refractivity contribution is 0.00726. The van der Waals surface area contributed by atoms with Crippen LogP contribution in [-0.4, -0.2) is 37.1 Å². The molecule has 2 N–H and O–H groups in total. The number of benzene rings is 1. The highest BCUT2D eigenvalue weighted by atomic mass is 19.1. The van der Waals surface area contributed by atoms with Crippen molar-refractivity contribution < 1.29 is 14.2 Å². The van der Waals surface area contributed by atoms with Crippen LogP contribution in [0.4, 0.5) is 4.39 Å². The Labute approximate surface area is 197 Å². The van der Waals surface area contributed by atoms with Gasteiger partial charge in [0.15, 0.2) is 0 Å². The van der Waals surface area contributed by atoms with Gasteiger partial charge in [0.2, 0.25) is 5.88 Å². The minimum absolute atomic E-state index is 0.0420. The molecule has 2 unspecified atom stereocenters. The summed E-state index contributed by atoms with van der Waals surface area (Å²) in [5, 5.41) is 22.7. The zero-order chi connectivity index (χ0) is 24.1. The van der Waals surface area contributed by atoms with Crippen LogP contribution in [0.15, 0.2) is 47.4 Å². The maximum Gasteiger partial charge on any atom is 0.250 e. The molecule has 0 aliphatic carbocycles. The molecule has 4 heterocycles. The van der Waals surface area contributed by atoms with E-state index in [1.54, 1.807) is 31.4 Å². The zero-order valence-corrected chi connectivity index (χ0v) is 19.6. The number of pyridine rings is 1. The topological polar surface area (TPSA) is 89.3 Å². The molecule has 2 fully saturated rings. The largest absolute Gasteiger partial charge is 0.507 e. The molecule has 0 radical (unpaired) electrons. The molecule has 0 saturated carbocycles. The Morgan fingerprint density at radius 2 is 1.82 bits per heavy atom. The third-order valence-electron chi connectivity index (χ3n) is 7.12. The number of ether oxygens (including phenoxy) is 1. The van der Waals surface area contributed by atoms with E-state index in [0.29, 0.717) is 17.1 Å². The Bertz CT molecular complexity index is 1270. The van der Waals surface area contributed by atoms with Crippen molar-refractivity contribution in [2.45, 2.75) is 63.1 Å². The third-order valence-corrected chi connectivity index (χ3v) is 7.12. The Morgan fingerprint density at radius 3 is 2.47 bits per heavy atom. The summed E-state index contributed by atoms with van der Waals surface area (Å²) in [6, 6.07) is 8.85. The molecule has 2 aliphatic rings. The Hall–Kier alpha value is -3.26. The molecule has 34 heavy (non-hydrogen) atoms. The predicted molar refractivity (Wildman–Crippen MR) is 127 cm³/mol. The van der Waals surface area contributed by atoms with Crippen LogP contribution in [-0.2, 0) is 7.05 Å². The van der Waals surface area contributed by atoms with Gasteiger partial charge in [-0.25, -0.2) is 4.39 Å². The zero-order valence-electron chi connectivity index (χ0n) is 19.6. The number of phenolic OH excluding ortho intramolecular Hbond substituents is 1. The molecular formula is C26H29FN4O3. The molecule has 1 aromatic carbocycles. The third kappa shape index (κ3) is 4.30. The van der Waals surface area contributed by atoms with E-state index >= 15 is 0 Å². The van der Waals surface area contributed by atoms with Gasteiger partial charge in [0.05, 0.1) is 5.69 Å². The number of halogens is 1. The number of aryl methyl sites for hydroxylation is 1. The highest BCUT2D eigenvalue weighted by molar-refractivity contribution is 5.74. The summed E-state index contributed by atoms with van der Waals surface area (Å²) in [5.41, 5.74) is 0.967. The SMILES string of the molecule is Cn1ccc(-c2cc(O)c(-c3ccc(OC4CC5(C)CCCC(C)(C4)N5)nn3)cc2F)cc1=O. The maximum absolute atomic E-state index is 14.9. The van der Waals surface area contributed by atoms with E-state index in [1.165, 1.54) is 29.2 Å². The van der Waals surface area contributed by atoms with Crippen molar-refractivity contribution in [3.8, 4) is 34.0 Å². The van der Waals surface area contributed by atoms with Gasteiger partial charge in [0.1, 0.15) is 17.7 Å². The van der Waals surface area contributed by atoms with E-state index in [2.05, 4.69) is 29.4 Å². The van der Waals surface area contributed by atoms with Crippen molar-refractivity contribution in [2.24, 2.45) is 7.05 Å². The summed E-state index contributed by atoms with van der Waals surface area (Å²) in [6.45, 7) is 4.51. The average molecular weight is 465 g/mol. The molecular weight excluding hydrogens is 435 g/mol. The molecule has 7 nitrogen and oxygen atoms in total. The number of aromatic hydroxyl groups is 1. The van der Waals surface area contributed by atoms with Gasteiger partial charge in [-0.05, 0) is 62.9 Å². The van der Waals surface area contributed by atoms with E-state index in [1.807, 2.05) is 0 Å². The Balaban J connectivity index is 1.36. The summed E-state index contributed by atoms with van der Waals surface area (Å²) in [4.78, 5) is 11.9. The lowest BCUT2D eigenvalue weighted by Gasteiger charge is -2.53. The van der Waals surface area contributed by atoms with E-state index in [0.717, 1.165) is 25.7 Å². The molecule has 2 aromatic heterocycles. The second-order valence-electron chi connectivity index (χ2n) is 10.2. The number of aromatic nitrogens is 3. The fourth-order valence-electron chi connectivity index (χ4n) is 5.59. The first-order valence-electron chi connectivity index (χ1n) is 11.6. The van der Waals surface area contributed by atoms with Gasteiger partial charge in [-0.3, -0.25) is 4.79 Å². The first-order valence-corrected chi connectivity index (χ1v) is 11.6. The summed E-state index contributed by atoms with van der Waals surface area (Å²) in [5.74, 6) is -0.296. The number of nitrogens with one attached hydrogen (secondary N) is 1. The summed E-state index contributed by atoms with van der Waals surface area (Å²) in [6.07, 6.45) is 6.89. The van der Waals surface area contributed by atoms with Crippen LogP contribution in [0.2, 0.25) is 0 Å². The van der Waals surface area contributed by atoms with Crippen LogP contribution < -0.4 is 15.6 Å². The number of hydrogen-bond acceptors (Lipinski definition) is 6. The number of nitrogens with zero attached hydrogens (tertiary/aromatic N) is 3. The number of rotatable bonds is 4. The van der Waals surface area contributed by atoms with Crippen molar-refractivity contribution in [1.29, 1.82) is 0 Å². The number of hydrogen-bond donors (Lipinski definition) is 2. The van der Waals surface area contributed by atoms with E-state index in [4.69, 9.17) is 4.74 Å². The maximum atomic E-state index is 14.9.